The van der Waals surface area contributed by atoms with Crippen LogP contribution in [0.25, 0.3) is 11.3 Å². The topological polar surface area (TPSA) is 62.7 Å². The van der Waals surface area contributed by atoms with Gasteiger partial charge >= 0.3 is 0 Å². The molecule has 0 bridgehead atoms. The zero-order valence-corrected chi connectivity index (χ0v) is 12.9. The van der Waals surface area contributed by atoms with Gasteiger partial charge in [-0.05, 0) is 43.2 Å². The number of rotatable bonds is 5. The summed E-state index contributed by atoms with van der Waals surface area (Å²) in [5.41, 5.74) is 2.31. The van der Waals surface area contributed by atoms with Crippen molar-refractivity contribution in [3.8, 4) is 11.3 Å². The van der Waals surface area contributed by atoms with Gasteiger partial charge in [-0.1, -0.05) is 6.07 Å². The molecular weight excluding hydrogens is 305 g/mol. The summed E-state index contributed by atoms with van der Waals surface area (Å²) in [7, 11) is 0. The highest BCUT2D eigenvalue weighted by Crippen LogP contribution is 2.27. The number of pyridine rings is 1. The fourth-order valence-corrected chi connectivity index (χ4v) is 2.36. The number of halogens is 1. The summed E-state index contributed by atoms with van der Waals surface area (Å²) in [6.45, 7) is 0. The van der Waals surface area contributed by atoms with Crippen molar-refractivity contribution in [2.75, 3.05) is 10.6 Å². The first kappa shape index (κ1) is 14.6. The first-order chi connectivity index (χ1) is 11.8. The van der Waals surface area contributed by atoms with Crippen LogP contribution in [-0.4, -0.2) is 21.0 Å². The Bertz CT molecular complexity index is 849. The number of hydrogen-bond acceptors (Lipinski definition) is 5. The molecule has 2 heterocycles. The van der Waals surface area contributed by atoms with E-state index in [0.29, 0.717) is 23.5 Å². The molecule has 0 spiro atoms. The van der Waals surface area contributed by atoms with Crippen molar-refractivity contribution in [1.82, 2.24) is 15.0 Å². The van der Waals surface area contributed by atoms with Crippen molar-refractivity contribution in [2.45, 2.75) is 18.9 Å². The number of benzene rings is 1. The molecule has 5 nitrogen and oxygen atoms in total. The second kappa shape index (κ2) is 6.23. The van der Waals surface area contributed by atoms with Crippen molar-refractivity contribution in [2.24, 2.45) is 0 Å². The minimum atomic E-state index is -0.294. The maximum absolute atomic E-state index is 13.4. The van der Waals surface area contributed by atoms with Gasteiger partial charge in [0.1, 0.15) is 11.6 Å². The Kier molecular flexibility index (Phi) is 3.78. The third kappa shape index (κ3) is 3.48. The minimum Gasteiger partial charge on any atom is -0.351 e. The number of aromatic nitrogens is 3. The quantitative estimate of drug-likeness (QED) is 0.744. The van der Waals surface area contributed by atoms with Crippen LogP contribution in [0.2, 0.25) is 0 Å². The predicted molar refractivity (Wildman–Crippen MR) is 91.6 cm³/mol. The Hall–Kier alpha value is -3.02. The van der Waals surface area contributed by atoms with Gasteiger partial charge in [-0.3, -0.25) is 4.98 Å². The zero-order chi connectivity index (χ0) is 16.4. The van der Waals surface area contributed by atoms with Crippen LogP contribution in [0.5, 0.6) is 0 Å². The third-order valence-corrected chi connectivity index (χ3v) is 3.69. The zero-order valence-electron chi connectivity index (χ0n) is 12.9. The largest absolute Gasteiger partial charge is 0.351 e. The maximum Gasteiger partial charge on any atom is 0.225 e. The van der Waals surface area contributed by atoms with Crippen LogP contribution in [0.3, 0.4) is 0 Å². The fraction of sp³-hybridized carbons (Fsp3) is 0.167. The van der Waals surface area contributed by atoms with E-state index in [1.54, 1.807) is 24.5 Å². The highest BCUT2D eigenvalue weighted by atomic mass is 19.1. The van der Waals surface area contributed by atoms with E-state index in [9.17, 15) is 4.39 Å². The van der Waals surface area contributed by atoms with Gasteiger partial charge in [0.25, 0.3) is 0 Å². The van der Waals surface area contributed by atoms with Crippen LogP contribution in [-0.2, 0) is 0 Å². The monoisotopic (exact) mass is 321 g/mol. The summed E-state index contributed by atoms with van der Waals surface area (Å²) in [5, 5.41) is 6.44. The molecule has 0 atom stereocenters. The van der Waals surface area contributed by atoms with Crippen LogP contribution in [0.15, 0.2) is 54.9 Å². The summed E-state index contributed by atoms with van der Waals surface area (Å²) in [5.74, 6) is 0.883. The SMILES string of the molecule is Fc1cccc(Nc2cc(-c3cccnc3)nc(NC3CC3)n2)c1. The van der Waals surface area contributed by atoms with E-state index in [-0.39, 0.29) is 5.82 Å². The first-order valence-corrected chi connectivity index (χ1v) is 7.85. The predicted octanol–water partition coefficient (Wildman–Crippen LogP) is 4.00. The molecule has 1 aromatic carbocycles. The molecule has 0 unspecified atom stereocenters. The number of nitrogens with zero attached hydrogens (tertiary/aromatic N) is 3. The highest BCUT2D eigenvalue weighted by Gasteiger charge is 2.22. The van der Waals surface area contributed by atoms with Crippen molar-refractivity contribution in [3.05, 3.63) is 60.7 Å². The molecule has 24 heavy (non-hydrogen) atoms. The molecule has 0 amide bonds. The molecule has 1 aliphatic rings. The molecule has 0 aliphatic heterocycles. The number of nitrogens with one attached hydrogen (secondary N) is 2. The van der Waals surface area contributed by atoms with Gasteiger partial charge < -0.3 is 10.6 Å². The van der Waals surface area contributed by atoms with E-state index < -0.39 is 0 Å². The van der Waals surface area contributed by atoms with E-state index in [2.05, 4.69) is 25.6 Å². The average molecular weight is 321 g/mol. The van der Waals surface area contributed by atoms with Crippen LogP contribution < -0.4 is 10.6 Å². The second-order valence-electron chi connectivity index (χ2n) is 5.76. The van der Waals surface area contributed by atoms with Crippen molar-refractivity contribution in [1.29, 1.82) is 0 Å². The molecule has 1 saturated carbocycles. The summed E-state index contributed by atoms with van der Waals surface area (Å²) < 4.78 is 13.4. The summed E-state index contributed by atoms with van der Waals surface area (Å²) in [6.07, 6.45) is 5.75. The Labute approximate surface area is 139 Å². The van der Waals surface area contributed by atoms with Gasteiger partial charge in [0, 0.05) is 35.8 Å². The Balaban J connectivity index is 1.69. The third-order valence-electron chi connectivity index (χ3n) is 3.69. The maximum atomic E-state index is 13.4. The van der Waals surface area contributed by atoms with Crippen molar-refractivity contribution in [3.63, 3.8) is 0 Å². The Morgan fingerprint density at radius 2 is 1.96 bits per heavy atom. The van der Waals surface area contributed by atoms with Crippen LogP contribution in [0, 0.1) is 5.82 Å². The van der Waals surface area contributed by atoms with Gasteiger partial charge in [0.05, 0.1) is 5.69 Å². The van der Waals surface area contributed by atoms with Gasteiger partial charge in [0.15, 0.2) is 0 Å². The van der Waals surface area contributed by atoms with Crippen molar-refractivity contribution >= 4 is 17.5 Å². The second-order valence-corrected chi connectivity index (χ2v) is 5.76. The molecule has 120 valence electrons. The molecule has 0 saturated heterocycles. The van der Waals surface area contributed by atoms with Crippen molar-refractivity contribution < 1.29 is 4.39 Å². The molecule has 1 aliphatic carbocycles. The van der Waals surface area contributed by atoms with Crippen LogP contribution >= 0.6 is 0 Å². The molecular formula is C18H16FN5. The van der Waals surface area contributed by atoms with E-state index in [4.69, 9.17) is 0 Å². The Morgan fingerprint density at radius 1 is 1.04 bits per heavy atom. The highest BCUT2D eigenvalue weighted by molar-refractivity contribution is 5.66. The van der Waals surface area contributed by atoms with Crippen LogP contribution in [0.1, 0.15) is 12.8 Å². The van der Waals surface area contributed by atoms with E-state index in [1.165, 1.54) is 12.1 Å². The van der Waals surface area contributed by atoms with Gasteiger partial charge in [0.2, 0.25) is 5.95 Å². The normalized spacial score (nSPS) is 13.5. The molecule has 4 rings (SSSR count). The number of anilines is 3. The lowest BCUT2D eigenvalue weighted by Crippen LogP contribution is -2.07. The van der Waals surface area contributed by atoms with Gasteiger partial charge in [-0.2, -0.15) is 4.98 Å². The lowest BCUT2D eigenvalue weighted by Gasteiger charge is -2.11. The molecule has 6 heteroatoms. The summed E-state index contributed by atoms with van der Waals surface area (Å²) in [4.78, 5) is 13.2. The lowest BCUT2D eigenvalue weighted by atomic mass is 10.2. The van der Waals surface area contributed by atoms with Crippen LogP contribution in [0.4, 0.5) is 21.8 Å². The van der Waals surface area contributed by atoms with E-state index in [0.717, 1.165) is 24.1 Å². The van der Waals surface area contributed by atoms with E-state index in [1.807, 2.05) is 18.2 Å². The molecule has 2 N–H and O–H groups in total. The average Bonchev–Trinajstić information content (AvgIpc) is 3.39. The van der Waals surface area contributed by atoms with Gasteiger partial charge in [-0.25, -0.2) is 9.37 Å². The molecule has 3 aromatic rings. The number of hydrogen-bond donors (Lipinski definition) is 2. The fourth-order valence-electron chi connectivity index (χ4n) is 2.36. The molecule has 0 radical (unpaired) electrons. The van der Waals surface area contributed by atoms with E-state index >= 15 is 0 Å². The summed E-state index contributed by atoms with van der Waals surface area (Å²) >= 11 is 0. The lowest BCUT2D eigenvalue weighted by molar-refractivity contribution is 0.628. The first-order valence-electron chi connectivity index (χ1n) is 7.85. The minimum absolute atomic E-state index is 0.294. The molecule has 2 aromatic heterocycles. The standard InChI is InChI=1S/C18H16FN5/c19-13-4-1-5-15(9-13)21-17-10-16(12-3-2-8-20-11-12)23-18(24-17)22-14-6-7-14/h1-5,8-11,14H,6-7H2,(H2,21,22,23,24). The smallest absolute Gasteiger partial charge is 0.225 e. The Morgan fingerprint density at radius 3 is 2.71 bits per heavy atom. The summed E-state index contributed by atoms with van der Waals surface area (Å²) in [6, 6.07) is 12.4. The van der Waals surface area contributed by atoms with Gasteiger partial charge in [-0.15, -0.1) is 0 Å². The molecule has 1 fully saturated rings.